The van der Waals surface area contributed by atoms with Gasteiger partial charge in [-0.2, -0.15) is 4.39 Å². The van der Waals surface area contributed by atoms with Crippen LogP contribution in [-0.2, 0) is 4.74 Å². The number of benzene rings is 1. The Morgan fingerprint density at radius 1 is 1.30 bits per heavy atom. The number of phenols is 1. The summed E-state index contributed by atoms with van der Waals surface area (Å²) in [6, 6.07) is 2.62. The molecule has 20 heavy (non-hydrogen) atoms. The molecule has 2 rings (SSSR count). The zero-order valence-electron chi connectivity index (χ0n) is 11.7. The number of allylic oxidation sites excluding steroid dienone is 1. The van der Waals surface area contributed by atoms with Crippen molar-refractivity contribution < 1.29 is 18.6 Å². The second-order valence-electron chi connectivity index (χ2n) is 5.11. The molecule has 4 heteroatoms. The highest BCUT2D eigenvalue weighted by atomic mass is 19.2. The maximum Gasteiger partial charge on any atom is 0.200 e. The SMILES string of the molecule is CCCCOC1CC=C(c2ccc(O)c(F)c2F)CC1. The van der Waals surface area contributed by atoms with Gasteiger partial charge in [-0.3, -0.25) is 0 Å². The van der Waals surface area contributed by atoms with E-state index in [1.54, 1.807) is 0 Å². The van der Waals surface area contributed by atoms with Gasteiger partial charge < -0.3 is 9.84 Å². The van der Waals surface area contributed by atoms with Gasteiger partial charge in [-0.05, 0) is 43.4 Å². The molecule has 0 spiro atoms. The van der Waals surface area contributed by atoms with Crippen LogP contribution >= 0.6 is 0 Å². The molecule has 1 aromatic rings. The van der Waals surface area contributed by atoms with Crippen molar-refractivity contribution in [2.75, 3.05) is 6.61 Å². The smallest absolute Gasteiger partial charge is 0.200 e. The second kappa shape index (κ2) is 6.84. The van der Waals surface area contributed by atoms with Gasteiger partial charge in [0.05, 0.1) is 6.10 Å². The summed E-state index contributed by atoms with van der Waals surface area (Å²) in [5, 5.41) is 9.13. The Hall–Kier alpha value is -1.42. The maximum atomic E-state index is 13.8. The molecule has 1 unspecified atom stereocenters. The molecule has 0 heterocycles. The van der Waals surface area contributed by atoms with Gasteiger partial charge in [-0.15, -0.1) is 0 Å². The molecule has 0 saturated carbocycles. The molecule has 1 aliphatic rings. The summed E-state index contributed by atoms with van der Waals surface area (Å²) in [7, 11) is 0. The van der Waals surface area contributed by atoms with Crippen LogP contribution in [0.25, 0.3) is 5.57 Å². The molecule has 2 nitrogen and oxygen atoms in total. The van der Waals surface area contributed by atoms with Crippen molar-refractivity contribution in [2.45, 2.75) is 45.1 Å². The van der Waals surface area contributed by atoms with E-state index in [9.17, 15) is 8.78 Å². The first-order valence-corrected chi connectivity index (χ1v) is 7.11. The molecule has 1 aliphatic carbocycles. The molecule has 0 amide bonds. The molecule has 110 valence electrons. The first-order valence-electron chi connectivity index (χ1n) is 7.11. The molecule has 0 aliphatic heterocycles. The minimum Gasteiger partial charge on any atom is -0.505 e. The minimum atomic E-state index is -1.18. The zero-order chi connectivity index (χ0) is 14.5. The van der Waals surface area contributed by atoms with Crippen LogP contribution in [0.1, 0.15) is 44.6 Å². The van der Waals surface area contributed by atoms with Gasteiger partial charge in [0.2, 0.25) is 5.82 Å². The largest absolute Gasteiger partial charge is 0.505 e. The van der Waals surface area contributed by atoms with Crippen molar-refractivity contribution in [2.24, 2.45) is 0 Å². The Balaban J connectivity index is 2.03. The number of halogens is 2. The van der Waals surface area contributed by atoms with E-state index in [2.05, 4.69) is 6.92 Å². The average molecular weight is 282 g/mol. The summed E-state index contributed by atoms with van der Waals surface area (Å²) in [5.74, 6) is -2.80. The van der Waals surface area contributed by atoms with E-state index < -0.39 is 17.4 Å². The zero-order valence-corrected chi connectivity index (χ0v) is 11.7. The third kappa shape index (κ3) is 3.37. The number of hydrogen-bond acceptors (Lipinski definition) is 2. The van der Waals surface area contributed by atoms with Gasteiger partial charge in [0.1, 0.15) is 0 Å². The lowest BCUT2D eigenvalue weighted by Gasteiger charge is -2.23. The van der Waals surface area contributed by atoms with Crippen molar-refractivity contribution in [3.8, 4) is 5.75 Å². The molecule has 0 saturated heterocycles. The van der Waals surface area contributed by atoms with Crippen LogP contribution in [0.15, 0.2) is 18.2 Å². The third-order valence-corrected chi connectivity index (χ3v) is 3.62. The number of ether oxygens (including phenoxy) is 1. The second-order valence-corrected chi connectivity index (χ2v) is 5.11. The standard InChI is InChI=1S/C16H20F2O2/c1-2-3-10-20-12-6-4-11(5-7-12)13-8-9-14(19)16(18)15(13)17/h4,8-9,12,19H,2-3,5-7,10H2,1H3. The first-order chi connectivity index (χ1) is 9.63. The Morgan fingerprint density at radius 2 is 2.10 bits per heavy atom. The van der Waals surface area contributed by atoms with Gasteiger partial charge in [-0.25, -0.2) is 4.39 Å². The Kier molecular flexibility index (Phi) is 5.12. The monoisotopic (exact) mass is 282 g/mol. The van der Waals surface area contributed by atoms with E-state index in [4.69, 9.17) is 9.84 Å². The lowest BCUT2D eigenvalue weighted by molar-refractivity contribution is 0.0466. The summed E-state index contributed by atoms with van der Waals surface area (Å²) < 4.78 is 32.9. The van der Waals surface area contributed by atoms with Crippen LogP contribution < -0.4 is 0 Å². The normalized spacial score (nSPS) is 18.9. The molecule has 1 N–H and O–H groups in total. The van der Waals surface area contributed by atoms with Gasteiger partial charge in [0.15, 0.2) is 11.6 Å². The number of aromatic hydroxyl groups is 1. The fourth-order valence-electron chi connectivity index (χ4n) is 2.39. The highest BCUT2D eigenvalue weighted by Crippen LogP contribution is 2.32. The number of unbranched alkanes of at least 4 members (excludes halogenated alkanes) is 1. The number of hydrogen-bond donors (Lipinski definition) is 1. The number of rotatable bonds is 5. The first kappa shape index (κ1) is 15.0. The van der Waals surface area contributed by atoms with E-state index in [0.717, 1.165) is 37.9 Å². The van der Waals surface area contributed by atoms with E-state index in [1.807, 2.05) is 6.08 Å². The van der Waals surface area contributed by atoms with Gasteiger partial charge in [0.25, 0.3) is 0 Å². The predicted molar refractivity (Wildman–Crippen MR) is 74.5 cm³/mol. The Morgan fingerprint density at radius 3 is 2.75 bits per heavy atom. The molecular formula is C16H20F2O2. The van der Waals surface area contributed by atoms with Gasteiger partial charge in [0, 0.05) is 12.2 Å². The number of phenolic OH excluding ortho intramolecular Hbond substituents is 1. The topological polar surface area (TPSA) is 29.5 Å². The van der Waals surface area contributed by atoms with Crippen LogP contribution in [0.5, 0.6) is 5.75 Å². The molecule has 0 radical (unpaired) electrons. The molecule has 0 aromatic heterocycles. The highest BCUT2D eigenvalue weighted by molar-refractivity contribution is 5.67. The summed E-state index contributed by atoms with van der Waals surface area (Å²) in [6.07, 6.45) is 6.44. The third-order valence-electron chi connectivity index (χ3n) is 3.62. The average Bonchev–Trinajstić information content (AvgIpc) is 2.46. The van der Waals surface area contributed by atoms with Crippen molar-refractivity contribution in [3.05, 3.63) is 35.4 Å². The van der Waals surface area contributed by atoms with Crippen LogP contribution in [0.2, 0.25) is 0 Å². The fraction of sp³-hybridized carbons (Fsp3) is 0.500. The fourth-order valence-corrected chi connectivity index (χ4v) is 2.39. The van der Waals surface area contributed by atoms with Crippen LogP contribution in [-0.4, -0.2) is 17.8 Å². The summed E-state index contributed by atoms with van der Waals surface area (Å²) in [4.78, 5) is 0. The van der Waals surface area contributed by atoms with Gasteiger partial charge >= 0.3 is 0 Å². The van der Waals surface area contributed by atoms with Crippen molar-refractivity contribution in [3.63, 3.8) is 0 Å². The van der Waals surface area contributed by atoms with Crippen molar-refractivity contribution >= 4 is 5.57 Å². The van der Waals surface area contributed by atoms with Crippen LogP contribution in [0.3, 0.4) is 0 Å². The Bertz CT molecular complexity index is 497. The lowest BCUT2D eigenvalue weighted by atomic mass is 9.91. The molecule has 0 bridgehead atoms. The summed E-state index contributed by atoms with van der Waals surface area (Å²) in [5.41, 5.74) is 1.03. The van der Waals surface area contributed by atoms with E-state index in [-0.39, 0.29) is 11.7 Å². The molecule has 1 aromatic carbocycles. The van der Waals surface area contributed by atoms with E-state index in [1.165, 1.54) is 12.1 Å². The van der Waals surface area contributed by atoms with E-state index >= 15 is 0 Å². The Labute approximate surface area is 118 Å². The molecular weight excluding hydrogens is 262 g/mol. The quantitative estimate of drug-likeness (QED) is 0.810. The highest BCUT2D eigenvalue weighted by Gasteiger charge is 2.20. The summed E-state index contributed by atoms with van der Waals surface area (Å²) >= 11 is 0. The summed E-state index contributed by atoms with van der Waals surface area (Å²) in [6.45, 7) is 2.87. The van der Waals surface area contributed by atoms with Crippen molar-refractivity contribution in [1.29, 1.82) is 0 Å². The predicted octanol–water partition coefficient (Wildman–Crippen LogP) is 4.42. The molecule has 1 atom stereocenters. The van der Waals surface area contributed by atoms with Crippen LogP contribution in [0.4, 0.5) is 8.78 Å². The minimum absolute atomic E-state index is 0.176. The lowest BCUT2D eigenvalue weighted by Crippen LogP contribution is -2.16. The van der Waals surface area contributed by atoms with Crippen LogP contribution in [0, 0.1) is 11.6 Å². The molecule has 0 fully saturated rings. The van der Waals surface area contributed by atoms with Crippen molar-refractivity contribution in [1.82, 2.24) is 0 Å². The maximum absolute atomic E-state index is 13.8. The van der Waals surface area contributed by atoms with E-state index in [0.29, 0.717) is 6.42 Å². The van der Waals surface area contributed by atoms with Gasteiger partial charge in [-0.1, -0.05) is 19.4 Å².